The van der Waals surface area contributed by atoms with Crippen LogP contribution >= 0.6 is 15.9 Å². The maximum absolute atomic E-state index is 14.7. The van der Waals surface area contributed by atoms with E-state index in [1.54, 1.807) is 26.9 Å². The van der Waals surface area contributed by atoms with Crippen molar-refractivity contribution in [2.45, 2.75) is 61.6 Å². The molecule has 5 rings (SSSR count). The Bertz CT molecular complexity index is 1290. The van der Waals surface area contributed by atoms with E-state index in [9.17, 15) is 19.5 Å². The number of alkyl halides is 1. The van der Waals surface area contributed by atoms with Gasteiger partial charge in [-0.05, 0) is 50.5 Å². The number of hydrogen-bond donors (Lipinski definition) is 1. The lowest BCUT2D eigenvalue weighted by atomic mass is 9.70. The van der Waals surface area contributed by atoms with Gasteiger partial charge in [-0.3, -0.25) is 19.3 Å². The average molecular weight is 732 g/mol. The van der Waals surface area contributed by atoms with Gasteiger partial charge in [-0.1, -0.05) is 40.9 Å². The van der Waals surface area contributed by atoms with Crippen molar-refractivity contribution in [3.05, 3.63) is 49.6 Å². The van der Waals surface area contributed by atoms with Gasteiger partial charge in [-0.25, -0.2) is 0 Å². The van der Waals surface area contributed by atoms with E-state index in [0.29, 0.717) is 76.7 Å². The number of ether oxygens (including phenoxy) is 3. The van der Waals surface area contributed by atoms with Crippen LogP contribution in [0.25, 0.3) is 0 Å². The Morgan fingerprint density at radius 1 is 1.06 bits per heavy atom. The van der Waals surface area contributed by atoms with Crippen molar-refractivity contribution in [2.75, 3.05) is 77.1 Å². The Hall–Kier alpha value is -2.77. The molecule has 6 atom stereocenters. The molecule has 4 heterocycles. The Morgan fingerprint density at radius 2 is 1.77 bits per heavy atom. The summed E-state index contributed by atoms with van der Waals surface area (Å²) in [6.45, 7) is 15.5. The normalized spacial score (nSPS) is 27.9. The van der Waals surface area contributed by atoms with Gasteiger partial charge in [0.1, 0.15) is 17.4 Å². The number of hydrogen-bond acceptors (Lipinski definition) is 8. The lowest BCUT2D eigenvalue weighted by Crippen LogP contribution is -2.58. The van der Waals surface area contributed by atoms with E-state index in [2.05, 4.69) is 34.0 Å². The lowest BCUT2D eigenvalue weighted by Gasteiger charge is -2.38. The van der Waals surface area contributed by atoms with E-state index in [1.807, 2.05) is 31.2 Å². The molecule has 0 radical (unpaired) electrons. The average Bonchev–Trinajstić information content (AvgIpc) is 3.69. The summed E-state index contributed by atoms with van der Waals surface area (Å²) in [5.74, 6) is -1.47. The smallest absolute Gasteiger partial charge is 0.248 e. The third kappa shape index (κ3) is 7.38. The van der Waals surface area contributed by atoms with E-state index in [0.717, 1.165) is 25.9 Å². The fourth-order valence-corrected chi connectivity index (χ4v) is 8.85. The molecule has 0 saturated carbocycles. The Labute approximate surface area is 293 Å². The molecule has 3 amide bonds. The van der Waals surface area contributed by atoms with Crippen LogP contribution in [0.4, 0.5) is 5.69 Å². The molecule has 0 aliphatic carbocycles. The van der Waals surface area contributed by atoms with Gasteiger partial charge in [0.05, 0.1) is 37.8 Å². The number of unbranched alkanes of at least 4 members (excludes halogenated alkanes) is 3. The highest BCUT2D eigenvalue weighted by Gasteiger charge is 2.76. The summed E-state index contributed by atoms with van der Waals surface area (Å²) >= 11 is 3.81. The number of morpholine rings is 1. The molecule has 1 spiro atoms. The van der Waals surface area contributed by atoms with Crippen molar-refractivity contribution in [2.24, 2.45) is 11.8 Å². The van der Waals surface area contributed by atoms with Gasteiger partial charge in [0.2, 0.25) is 17.7 Å². The number of likely N-dealkylation sites (tertiary alicyclic amines) is 1. The first-order valence-corrected chi connectivity index (χ1v) is 18.3. The van der Waals surface area contributed by atoms with Crippen LogP contribution in [-0.4, -0.2) is 132 Å². The first-order chi connectivity index (χ1) is 23.3. The number of halogens is 1. The molecule has 48 heavy (non-hydrogen) atoms. The van der Waals surface area contributed by atoms with E-state index in [4.69, 9.17) is 14.2 Å². The maximum atomic E-state index is 14.7. The minimum Gasteiger partial charge on any atom is -0.494 e. The van der Waals surface area contributed by atoms with Crippen LogP contribution in [0.2, 0.25) is 0 Å². The molecular formula is C36H51BrN4O7. The predicted octanol–water partition coefficient (Wildman–Crippen LogP) is 3.25. The molecule has 1 aromatic carbocycles. The number of aliphatic hydroxyl groups is 1. The second-order valence-corrected chi connectivity index (χ2v) is 14.2. The predicted molar refractivity (Wildman–Crippen MR) is 187 cm³/mol. The molecular weight excluding hydrogens is 680 g/mol. The molecule has 11 nitrogen and oxygen atoms in total. The molecule has 4 aliphatic heterocycles. The summed E-state index contributed by atoms with van der Waals surface area (Å²) < 4.78 is 17.9. The lowest BCUT2D eigenvalue weighted by molar-refractivity contribution is -0.148. The number of rotatable bonds is 18. The van der Waals surface area contributed by atoms with Crippen molar-refractivity contribution < 1.29 is 33.7 Å². The van der Waals surface area contributed by atoms with Crippen LogP contribution in [0.15, 0.2) is 49.6 Å². The molecule has 0 aromatic heterocycles. The zero-order chi connectivity index (χ0) is 34.3. The maximum Gasteiger partial charge on any atom is 0.248 e. The van der Waals surface area contributed by atoms with Gasteiger partial charge in [0, 0.05) is 62.9 Å². The van der Waals surface area contributed by atoms with Gasteiger partial charge in [-0.2, -0.15) is 0 Å². The number of carbonyl (C=O) groups is 3. The number of fused-ring (bicyclic) bond motifs is 1. The van der Waals surface area contributed by atoms with Gasteiger partial charge in [0.15, 0.2) is 0 Å². The van der Waals surface area contributed by atoms with E-state index in [-0.39, 0.29) is 35.7 Å². The number of amides is 3. The van der Waals surface area contributed by atoms with Crippen LogP contribution in [0.1, 0.15) is 39.0 Å². The molecule has 12 heteroatoms. The zero-order valence-corrected chi connectivity index (χ0v) is 29.7. The van der Waals surface area contributed by atoms with Crippen molar-refractivity contribution in [3.63, 3.8) is 0 Å². The highest BCUT2D eigenvalue weighted by Crippen LogP contribution is 2.60. The molecule has 4 fully saturated rings. The SMILES string of the molecule is C=CCN(CCN1CCOCC1)C(=O)C1N(CCCCCCO)C(=O)[C@@H]2[C@@H](C(=O)N(CC=C)c3ccc(OCC)cc3)[C@@H]3OC12CC3Br. The second-order valence-electron chi connectivity index (χ2n) is 13.0. The van der Waals surface area contributed by atoms with Crippen LogP contribution in [-0.2, 0) is 23.9 Å². The molecule has 3 unspecified atom stereocenters. The van der Waals surface area contributed by atoms with Crippen molar-refractivity contribution in [3.8, 4) is 5.75 Å². The Balaban J connectivity index is 1.46. The summed E-state index contributed by atoms with van der Waals surface area (Å²) in [7, 11) is 0. The van der Waals surface area contributed by atoms with Crippen LogP contribution < -0.4 is 9.64 Å². The van der Waals surface area contributed by atoms with Crippen LogP contribution in [0.3, 0.4) is 0 Å². The molecule has 264 valence electrons. The zero-order valence-electron chi connectivity index (χ0n) is 28.1. The quantitative estimate of drug-likeness (QED) is 0.139. The Kier molecular flexibility index (Phi) is 12.7. The number of aliphatic hydroxyl groups excluding tert-OH is 1. The van der Waals surface area contributed by atoms with Crippen molar-refractivity contribution >= 4 is 39.3 Å². The standard InChI is InChI=1S/C36H51BrN4O7/c1-4-15-39(19-18-38-20-23-46-24-21-38)35(45)32-36-25-28(37)31(48-36)29(30(36)34(44)41(32)17-9-7-8-10-22-42)33(43)40(16-5-2)26-11-13-27(14-12-26)47-6-3/h4-5,11-14,28-32,42H,1-2,6-10,15-25H2,3H3/t28?,29-,30+,31-,32?,36?/m1/s1. The summed E-state index contributed by atoms with van der Waals surface area (Å²) in [5, 5.41) is 9.28. The molecule has 4 saturated heterocycles. The minimum atomic E-state index is -1.14. The molecule has 1 N–H and O–H groups in total. The van der Waals surface area contributed by atoms with E-state index < -0.39 is 29.6 Å². The van der Waals surface area contributed by atoms with Crippen LogP contribution in [0, 0.1) is 11.8 Å². The fraction of sp³-hybridized carbons (Fsp3) is 0.639. The molecule has 4 aliphatic rings. The van der Waals surface area contributed by atoms with Crippen molar-refractivity contribution in [1.29, 1.82) is 0 Å². The third-order valence-electron chi connectivity index (χ3n) is 10.1. The van der Waals surface area contributed by atoms with Gasteiger partial charge in [0.25, 0.3) is 0 Å². The van der Waals surface area contributed by atoms with E-state index >= 15 is 0 Å². The van der Waals surface area contributed by atoms with Gasteiger partial charge < -0.3 is 34.0 Å². The highest BCUT2D eigenvalue weighted by molar-refractivity contribution is 9.09. The van der Waals surface area contributed by atoms with Crippen molar-refractivity contribution in [1.82, 2.24) is 14.7 Å². The number of nitrogens with zero attached hydrogens (tertiary/aromatic N) is 4. The number of carbonyl (C=O) groups excluding carboxylic acids is 3. The summed E-state index contributed by atoms with van der Waals surface area (Å²) in [6.07, 6.45) is 6.29. The van der Waals surface area contributed by atoms with E-state index in [1.165, 1.54) is 0 Å². The largest absolute Gasteiger partial charge is 0.494 e. The van der Waals surface area contributed by atoms with Gasteiger partial charge in [-0.15, -0.1) is 13.2 Å². The Morgan fingerprint density at radius 3 is 2.44 bits per heavy atom. The first-order valence-electron chi connectivity index (χ1n) is 17.4. The highest BCUT2D eigenvalue weighted by atomic mass is 79.9. The summed E-state index contributed by atoms with van der Waals surface area (Å²) in [5.41, 5.74) is -0.472. The minimum absolute atomic E-state index is 0.121. The number of anilines is 1. The van der Waals surface area contributed by atoms with Gasteiger partial charge >= 0.3 is 0 Å². The molecule has 1 aromatic rings. The summed E-state index contributed by atoms with van der Waals surface area (Å²) in [6, 6.07) is 6.47. The third-order valence-corrected chi connectivity index (χ3v) is 10.9. The van der Waals surface area contributed by atoms with Crippen LogP contribution in [0.5, 0.6) is 5.75 Å². The second kappa shape index (κ2) is 16.8. The first kappa shape index (κ1) is 36.5. The topological polar surface area (TPSA) is 112 Å². The fourth-order valence-electron chi connectivity index (χ4n) is 7.91. The summed E-state index contributed by atoms with van der Waals surface area (Å²) in [4.78, 5) is 51.2. The monoisotopic (exact) mass is 730 g/mol. The molecule has 2 bridgehead atoms. The number of benzene rings is 1.